The Kier molecular flexibility index (Phi) is 4.67. The van der Waals surface area contributed by atoms with Crippen LogP contribution in [0.1, 0.15) is 5.56 Å². The number of anilines is 1. The molecule has 0 radical (unpaired) electrons. The standard InChI is InChI=1S/C17H11ClFN3O2/c18-14-7-2-1-4-11(14)8-9-15(23)20-17-22-21-16(24-17)12-5-3-6-13(19)10-12/h1-10H,(H,20,22,23). The molecule has 24 heavy (non-hydrogen) atoms. The summed E-state index contributed by atoms with van der Waals surface area (Å²) in [6.45, 7) is 0. The van der Waals surface area contributed by atoms with Crippen LogP contribution in [0.5, 0.6) is 0 Å². The Hall–Kier alpha value is -2.99. The summed E-state index contributed by atoms with van der Waals surface area (Å²) in [7, 11) is 0. The van der Waals surface area contributed by atoms with Gasteiger partial charge in [0.05, 0.1) is 0 Å². The van der Waals surface area contributed by atoms with Gasteiger partial charge in [-0.15, -0.1) is 5.10 Å². The molecule has 7 heteroatoms. The summed E-state index contributed by atoms with van der Waals surface area (Å²) in [6.07, 6.45) is 2.87. The number of aromatic nitrogens is 2. The molecule has 0 fully saturated rings. The molecule has 0 bridgehead atoms. The lowest BCUT2D eigenvalue weighted by atomic mass is 10.2. The van der Waals surface area contributed by atoms with Crippen molar-refractivity contribution in [1.29, 1.82) is 0 Å². The van der Waals surface area contributed by atoms with Gasteiger partial charge in [0.15, 0.2) is 0 Å². The number of carbonyl (C=O) groups is 1. The lowest BCUT2D eigenvalue weighted by Gasteiger charge is -1.97. The summed E-state index contributed by atoms with van der Waals surface area (Å²) in [5.41, 5.74) is 1.13. The molecule has 0 aliphatic rings. The van der Waals surface area contributed by atoms with Crippen LogP contribution < -0.4 is 5.32 Å². The monoisotopic (exact) mass is 343 g/mol. The van der Waals surface area contributed by atoms with Gasteiger partial charge in [0.2, 0.25) is 5.89 Å². The summed E-state index contributed by atoms with van der Waals surface area (Å²) in [5.74, 6) is -0.761. The van der Waals surface area contributed by atoms with Crippen LogP contribution in [0, 0.1) is 5.82 Å². The first kappa shape index (κ1) is 15.9. The number of nitrogens with one attached hydrogen (secondary N) is 1. The molecule has 120 valence electrons. The molecule has 0 spiro atoms. The molecule has 0 aliphatic carbocycles. The van der Waals surface area contributed by atoms with Crippen molar-refractivity contribution in [2.45, 2.75) is 0 Å². The normalized spacial score (nSPS) is 10.9. The zero-order valence-electron chi connectivity index (χ0n) is 12.2. The van der Waals surface area contributed by atoms with Crippen molar-refractivity contribution in [3.05, 3.63) is 71.0 Å². The Morgan fingerprint density at radius 2 is 2.00 bits per heavy atom. The summed E-state index contributed by atoms with van der Waals surface area (Å²) in [6, 6.07) is 12.8. The third kappa shape index (κ3) is 3.85. The minimum Gasteiger partial charge on any atom is -0.403 e. The second-order valence-corrected chi connectivity index (χ2v) is 5.17. The molecule has 0 unspecified atom stereocenters. The van der Waals surface area contributed by atoms with E-state index in [4.69, 9.17) is 16.0 Å². The average Bonchev–Trinajstić information content (AvgIpc) is 3.02. The van der Waals surface area contributed by atoms with E-state index in [9.17, 15) is 9.18 Å². The number of amides is 1. The van der Waals surface area contributed by atoms with E-state index >= 15 is 0 Å². The molecule has 0 atom stereocenters. The number of halogens is 2. The maximum atomic E-state index is 13.2. The van der Waals surface area contributed by atoms with Crippen LogP contribution in [0.4, 0.5) is 10.4 Å². The van der Waals surface area contributed by atoms with E-state index in [0.29, 0.717) is 16.1 Å². The van der Waals surface area contributed by atoms with Crippen molar-refractivity contribution in [2.24, 2.45) is 0 Å². The highest BCUT2D eigenvalue weighted by Crippen LogP contribution is 2.20. The van der Waals surface area contributed by atoms with Crippen molar-refractivity contribution < 1.29 is 13.6 Å². The van der Waals surface area contributed by atoms with Gasteiger partial charge in [0.25, 0.3) is 5.91 Å². The minimum absolute atomic E-state index is 0.0805. The molecule has 0 saturated carbocycles. The number of carbonyl (C=O) groups excluding carboxylic acids is 1. The SMILES string of the molecule is O=C(C=Cc1ccccc1Cl)Nc1nnc(-c2cccc(F)c2)o1. The lowest BCUT2D eigenvalue weighted by Crippen LogP contribution is -2.07. The fourth-order valence-electron chi connectivity index (χ4n) is 1.93. The van der Waals surface area contributed by atoms with Gasteiger partial charge >= 0.3 is 6.01 Å². The van der Waals surface area contributed by atoms with Gasteiger partial charge in [0.1, 0.15) is 5.82 Å². The van der Waals surface area contributed by atoms with Crippen LogP contribution in [-0.4, -0.2) is 16.1 Å². The number of nitrogens with zero attached hydrogens (tertiary/aromatic N) is 2. The molecule has 1 heterocycles. The molecule has 0 saturated heterocycles. The molecule has 1 aromatic heterocycles. The van der Waals surface area contributed by atoms with Gasteiger partial charge in [-0.05, 0) is 35.9 Å². The van der Waals surface area contributed by atoms with Crippen LogP contribution in [0.2, 0.25) is 5.02 Å². The molecule has 1 amide bonds. The molecule has 5 nitrogen and oxygen atoms in total. The van der Waals surface area contributed by atoms with Gasteiger partial charge in [-0.3, -0.25) is 10.1 Å². The van der Waals surface area contributed by atoms with Crippen molar-refractivity contribution >= 4 is 29.6 Å². The van der Waals surface area contributed by atoms with E-state index in [2.05, 4.69) is 15.5 Å². The van der Waals surface area contributed by atoms with Crippen LogP contribution in [-0.2, 0) is 4.79 Å². The Morgan fingerprint density at radius 1 is 1.17 bits per heavy atom. The summed E-state index contributed by atoms with van der Waals surface area (Å²) >= 11 is 6.00. The number of rotatable bonds is 4. The zero-order valence-corrected chi connectivity index (χ0v) is 13.0. The molecule has 2 aromatic carbocycles. The Bertz CT molecular complexity index is 908. The fourth-order valence-corrected chi connectivity index (χ4v) is 2.13. The highest BCUT2D eigenvalue weighted by Gasteiger charge is 2.10. The van der Waals surface area contributed by atoms with Crippen molar-refractivity contribution in [1.82, 2.24) is 10.2 Å². The molecule has 0 aliphatic heterocycles. The van der Waals surface area contributed by atoms with E-state index in [1.807, 2.05) is 6.07 Å². The van der Waals surface area contributed by atoms with E-state index in [1.54, 1.807) is 30.3 Å². The first-order valence-electron chi connectivity index (χ1n) is 6.95. The van der Waals surface area contributed by atoms with Gasteiger partial charge in [-0.1, -0.05) is 41.0 Å². The van der Waals surface area contributed by atoms with Crippen LogP contribution in [0.15, 0.2) is 59.0 Å². The van der Waals surface area contributed by atoms with Crippen molar-refractivity contribution in [2.75, 3.05) is 5.32 Å². The Balaban J connectivity index is 1.68. The summed E-state index contributed by atoms with van der Waals surface area (Å²) in [5, 5.41) is 10.4. The van der Waals surface area contributed by atoms with E-state index < -0.39 is 11.7 Å². The van der Waals surface area contributed by atoms with Crippen LogP contribution in [0.3, 0.4) is 0 Å². The second-order valence-electron chi connectivity index (χ2n) is 4.77. The van der Waals surface area contributed by atoms with Gasteiger partial charge < -0.3 is 4.42 Å². The third-order valence-corrected chi connectivity index (χ3v) is 3.39. The largest absolute Gasteiger partial charge is 0.403 e. The zero-order chi connectivity index (χ0) is 16.9. The summed E-state index contributed by atoms with van der Waals surface area (Å²) < 4.78 is 18.5. The number of hydrogen-bond donors (Lipinski definition) is 1. The maximum Gasteiger partial charge on any atom is 0.322 e. The first-order chi connectivity index (χ1) is 11.6. The smallest absolute Gasteiger partial charge is 0.322 e. The highest BCUT2D eigenvalue weighted by molar-refractivity contribution is 6.32. The molecule has 1 N–H and O–H groups in total. The number of benzene rings is 2. The molecule has 3 rings (SSSR count). The van der Waals surface area contributed by atoms with Crippen molar-refractivity contribution in [3.8, 4) is 11.5 Å². The molecular weight excluding hydrogens is 333 g/mol. The topological polar surface area (TPSA) is 68.0 Å². The van der Waals surface area contributed by atoms with Crippen LogP contribution >= 0.6 is 11.6 Å². The Labute approximate surface area is 141 Å². The highest BCUT2D eigenvalue weighted by atomic mass is 35.5. The fraction of sp³-hybridized carbons (Fsp3) is 0. The predicted octanol–water partition coefficient (Wildman–Crippen LogP) is 4.18. The minimum atomic E-state index is -0.454. The number of hydrogen-bond acceptors (Lipinski definition) is 4. The average molecular weight is 344 g/mol. The molecular formula is C17H11ClFN3O2. The maximum absolute atomic E-state index is 13.2. The molecule has 3 aromatic rings. The first-order valence-corrected chi connectivity index (χ1v) is 7.32. The van der Waals surface area contributed by atoms with E-state index in [0.717, 1.165) is 0 Å². The van der Waals surface area contributed by atoms with Gasteiger partial charge in [-0.2, -0.15) is 0 Å². The van der Waals surface area contributed by atoms with E-state index in [-0.39, 0.29) is 11.9 Å². The van der Waals surface area contributed by atoms with E-state index in [1.165, 1.54) is 24.3 Å². The predicted molar refractivity (Wildman–Crippen MR) is 88.8 cm³/mol. The lowest BCUT2D eigenvalue weighted by molar-refractivity contribution is -0.112. The second kappa shape index (κ2) is 7.06. The quantitative estimate of drug-likeness (QED) is 0.721. The third-order valence-electron chi connectivity index (χ3n) is 3.05. The van der Waals surface area contributed by atoms with Crippen LogP contribution in [0.25, 0.3) is 17.5 Å². The summed E-state index contributed by atoms with van der Waals surface area (Å²) in [4.78, 5) is 11.9. The van der Waals surface area contributed by atoms with Gasteiger partial charge in [-0.25, -0.2) is 4.39 Å². The van der Waals surface area contributed by atoms with Crippen molar-refractivity contribution in [3.63, 3.8) is 0 Å². The van der Waals surface area contributed by atoms with Gasteiger partial charge in [0, 0.05) is 16.7 Å². The Morgan fingerprint density at radius 3 is 2.79 bits per heavy atom.